The smallest absolute Gasteiger partial charge is 0.416 e. The molecule has 0 radical (unpaired) electrons. The first-order chi connectivity index (χ1) is 19.1. The highest BCUT2D eigenvalue weighted by Gasteiger charge is 2.37. The van der Waals surface area contributed by atoms with Crippen molar-refractivity contribution in [1.82, 2.24) is 20.4 Å². The highest BCUT2D eigenvalue weighted by molar-refractivity contribution is 8.26. The Balaban J connectivity index is 1.44. The van der Waals surface area contributed by atoms with Gasteiger partial charge in [-0.25, -0.2) is 15.4 Å². The molecule has 0 unspecified atom stereocenters. The van der Waals surface area contributed by atoms with Crippen LogP contribution in [0.15, 0.2) is 40.7 Å². The van der Waals surface area contributed by atoms with Crippen molar-refractivity contribution in [1.29, 1.82) is 0 Å². The minimum absolute atomic E-state index is 0.00467. The summed E-state index contributed by atoms with van der Waals surface area (Å²) in [5, 5.41) is 13.5. The molecule has 0 atom stereocenters. The predicted molar refractivity (Wildman–Crippen MR) is 141 cm³/mol. The lowest BCUT2D eigenvalue weighted by Gasteiger charge is -2.15. The number of anilines is 1. The number of rotatable bonds is 8. The summed E-state index contributed by atoms with van der Waals surface area (Å²) in [5.74, 6) is -2.38. The Labute approximate surface area is 239 Å². The summed E-state index contributed by atoms with van der Waals surface area (Å²) in [5.41, 5.74) is -0.288. The third-order valence-electron chi connectivity index (χ3n) is 5.23. The van der Waals surface area contributed by atoms with E-state index in [2.05, 4.69) is 20.7 Å². The molecule has 1 aliphatic rings. The van der Waals surface area contributed by atoms with E-state index in [0.29, 0.717) is 17.0 Å². The van der Waals surface area contributed by atoms with Gasteiger partial charge in [-0.1, -0.05) is 24.0 Å². The van der Waals surface area contributed by atoms with E-state index in [1.54, 1.807) is 0 Å². The lowest BCUT2D eigenvalue weighted by atomic mass is 10.0. The zero-order valence-corrected chi connectivity index (χ0v) is 22.5. The van der Waals surface area contributed by atoms with E-state index in [0.717, 1.165) is 28.1 Å². The van der Waals surface area contributed by atoms with Gasteiger partial charge >= 0.3 is 18.3 Å². The van der Waals surface area contributed by atoms with Crippen molar-refractivity contribution in [2.75, 3.05) is 11.9 Å². The van der Waals surface area contributed by atoms with Gasteiger partial charge in [-0.3, -0.25) is 19.7 Å². The first kappa shape index (κ1) is 30.2. The third-order valence-corrected chi connectivity index (χ3v) is 7.42. The van der Waals surface area contributed by atoms with Crippen molar-refractivity contribution >= 4 is 69.4 Å². The number of nitrogens with one attached hydrogen (secondary N) is 3. The van der Waals surface area contributed by atoms with Crippen LogP contribution in [0.5, 0.6) is 0 Å². The molecule has 9 nitrogen and oxygen atoms in total. The Kier molecular flexibility index (Phi) is 8.57. The normalized spacial score (nSPS) is 15.2. The van der Waals surface area contributed by atoms with Gasteiger partial charge in [0.25, 0.3) is 5.91 Å². The van der Waals surface area contributed by atoms with Crippen LogP contribution in [0.25, 0.3) is 17.2 Å². The van der Waals surface area contributed by atoms with Gasteiger partial charge in [-0.15, -0.1) is 11.3 Å². The molecule has 3 aromatic rings. The largest absolute Gasteiger partial charge is 0.481 e. The van der Waals surface area contributed by atoms with Crippen LogP contribution in [0.3, 0.4) is 0 Å². The highest BCUT2D eigenvalue weighted by atomic mass is 32.2. The van der Waals surface area contributed by atoms with E-state index in [1.165, 1.54) is 23.7 Å². The Morgan fingerprint density at radius 3 is 2.34 bits per heavy atom. The number of hydrazine groups is 1. The number of imidazole rings is 1. The molecule has 3 heterocycles. The second-order valence-electron chi connectivity index (χ2n) is 8.26. The number of H-pyrrole nitrogens is 1. The molecule has 4 rings (SSSR count). The number of carbonyl (C=O) groups excluding carboxylic acids is 2. The number of aliphatic carboxylic acids is 1. The van der Waals surface area contributed by atoms with Crippen LogP contribution in [-0.4, -0.2) is 48.7 Å². The Hall–Kier alpha value is -3.74. The Morgan fingerprint density at radius 2 is 1.73 bits per heavy atom. The van der Waals surface area contributed by atoms with Crippen LogP contribution in [0.1, 0.15) is 21.7 Å². The first-order valence-electron chi connectivity index (χ1n) is 11.1. The topological polar surface area (TPSA) is 127 Å². The number of carbonyl (C=O) groups is 3. The molecule has 0 saturated carbocycles. The van der Waals surface area contributed by atoms with Crippen LogP contribution < -0.4 is 10.7 Å². The van der Waals surface area contributed by atoms with Crippen LogP contribution in [0, 0.1) is 0 Å². The SMILES string of the molecule is O=C(O)Cc1cnc(NC(=O)CNN2C(=O)/C(=C/c3cc(-c4cc(C(F)(F)F)cc(C(F)(F)F)c4)cs3)SC2=S)[nH]1. The average molecular weight is 636 g/mol. The fraction of sp³-hybridized carbons (Fsp3) is 0.174. The molecule has 4 N–H and O–H groups in total. The molecule has 2 amide bonds. The maximum absolute atomic E-state index is 13.2. The third kappa shape index (κ3) is 7.51. The van der Waals surface area contributed by atoms with Crippen molar-refractivity contribution in [3.05, 3.63) is 62.4 Å². The average Bonchev–Trinajstić information content (AvgIpc) is 3.57. The van der Waals surface area contributed by atoms with E-state index in [1.807, 2.05) is 0 Å². The summed E-state index contributed by atoms with van der Waals surface area (Å²) in [4.78, 5) is 42.7. The molecule has 0 aliphatic carbocycles. The summed E-state index contributed by atoms with van der Waals surface area (Å²) in [6, 6.07) is 2.62. The zero-order valence-electron chi connectivity index (χ0n) is 20.0. The lowest BCUT2D eigenvalue weighted by Crippen LogP contribution is -2.45. The fourth-order valence-electron chi connectivity index (χ4n) is 3.44. The summed E-state index contributed by atoms with van der Waals surface area (Å²) in [7, 11) is 0. The van der Waals surface area contributed by atoms with Crippen molar-refractivity contribution in [3.63, 3.8) is 0 Å². The fourth-order valence-corrected chi connectivity index (χ4v) is 5.57. The number of thiocarbonyl (C=S) groups is 1. The molecular formula is C23H15F6N5O4S3. The number of benzene rings is 1. The number of amides is 2. The van der Waals surface area contributed by atoms with Crippen molar-refractivity contribution in [3.8, 4) is 11.1 Å². The second kappa shape index (κ2) is 11.6. The standard InChI is InChI=1S/C23H15F6N5O4S3/c24-22(25,26)12-1-10(2-13(4-12)23(27,28)29)11-3-15(40-9-11)6-16-19(38)34(21(39)41-16)31-8-17(35)33-20-30-7-14(32-20)5-18(36)37/h1-4,6-7,9,31H,5,8H2,(H,36,37)(H2,30,32,33,35)/b16-6-. The summed E-state index contributed by atoms with van der Waals surface area (Å²) in [6.45, 7) is -0.422. The van der Waals surface area contributed by atoms with E-state index in [4.69, 9.17) is 17.3 Å². The second-order valence-corrected chi connectivity index (χ2v) is 10.9. The van der Waals surface area contributed by atoms with Gasteiger partial charge in [0.2, 0.25) is 11.9 Å². The molecule has 0 bridgehead atoms. The number of aromatic amines is 1. The van der Waals surface area contributed by atoms with Crippen molar-refractivity contribution < 1.29 is 45.8 Å². The molecule has 1 saturated heterocycles. The zero-order chi connectivity index (χ0) is 30.1. The number of aromatic nitrogens is 2. The van der Waals surface area contributed by atoms with Gasteiger partial charge < -0.3 is 10.1 Å². The highest BCUT2D eigenvalue weighted by Crippen LogP contribution is 2.40. The molecule has 1 aromatic carbocycles. The molecule has 1 fully saturated rings. The molecule has 18 heteroatoms. The number of thioether (sulfide) groups is 1. The van der Waals surface area contributed by atoms with Gasteiger partial charge in [-0.2, -0.15) is 26.3 Å². The number of carboxylic acid groups (broad SMARTS) is 1. The van der Waals surface area contributed by atoms with Crippen LogP contribution in [0.2, 0.25) is 0 Å². The van der Waals surface area contributed by atoms with E-state index in [-0.39, 0.29) is 44.5 Å². The number of hydrogen-bond acceptors (Lipinski definition) is 8. The van der Waals surface area contributed by atoms with Gasteiger partial charge in [0, 0.05) is 10.6 Å². The van der Waals surface area contributed by atoms with Crippen LogP contribution >= 0.6 is 35.3 Å². The summed E-state index contributed by atoms with van der Waals surface area (Å²) < 4.78 is 79.4. The maximum atomic E-state index is 13.2. The number of alkyl halides is 6. The molecule has 0 spiro atoms. The molecular weight excluding hydrogens is 620 g/mol. The van der Waals surface area contributed by atoms with E-state index >= 15 is 0 Å². The number of nitrogens with zero attached hydrogens (tertiary/aromatic N) is 2. The quantitative estimate of drug-likeness (QED) is 0.152. The van der Waals surface area contributed by atoms with Crippen LogP contribution in [0.4, 0.5) is 32.3 Å². The molecule has 2 aromatic heterocycles. The molecule has 216 valence electrons. The minimum Gasteiger partial charge on any atom is -0.481 e. The van der Waals surface area contributed by atoms with Gasteiger partial charge in [0.15, 0.2) is 4.32 Å². The van der Waals surface area contributed by atoms with Gasteiger partial charge in [0.05, 0.1) is 35.2 Å². The molecule has 1 aliphatic heterocycles. The summed E-state index contributed by atoms with van der Waals surface area (Å²) >= 11 is 7.02. The number of halogens is 6. The Morgan fingerprint density at radius 1 is 1.07 bits per heavy atom. The van der Waals surface area contributed by atoms with Gasteiger partial charge in [0.1, 0.15) is 0 Å². The summed E-state index contributed by atoms with van der Waals surface area (Å²) in [6.07, 6.45) is -7.70. The minimum atomic E-state index is -4.99. The predicted octanol–water partition coefficient (Wildman–Crippen LogP) is 5.15. The van der Waals surface area contributed by atoms with Crippen LogP contribution in [-0.2, 0) is 33.2 Å². The lowest BCUT2D eigenvalue weighted by molar-refractivity contribution is -0.143. The molecule has 41 heavy (non-hydrogen) atoms. The van der Waals surface area contributed by atoms with E-state index in [9.17, 15) is 40.7 Å². The number of thiophene rings is 1. The van der Waals surface area contributed by atoms with Gasteiger partial charge in [-0.05, 0) is 46.8 Å². The van der Waals surface area contributed by atoms with E-state index < -0.39 is 47.8 Å². The number of carboxylic acids is 1. The monoisotopic (exact) mass is 635 g/mol. The number of hydrogen-bond donors (Lipinski definition) is 4. The van der Waals surface area contributed by atoms with Crippen molar-refractivity contribution in [2.45, 2.75) is 18.8 Å². The maximum Gasteiger partial charge on any atom is 0.416 e. The first-order valence-corrected chi connectivity index (χ1v) is 13.2. The van der Waals surface area contributed by atoms with Crippen molar-refractivity contribution in [2.24, 2.45) is 0 Å². The Bertz CT molecular complexity index is 1530.